The van der Waals surface area contributed by atoms with Crippen LogP contribution < -0.4 is 10.9 Å². The molecule has 1 atom stereocenters. The van der Waals surface area contributed by atoms with E-state index in [-0.39, 0.29) is 11.2 Å². The molecular formula is C30H50N6O2S2. The maximum Gasteiger partial charge on any atom is 0.336 e. The highest BCUT2D eigenvalue weighted by atomic mass is 32.2. The Kier molecular flexibility index (Phi) is 16.2. The molecule has 1 unspecified atom stereocenters. The Morgan fingerprint density at radius 2 is 1.43 bits per heavy atom. The zero-order chi connectivity index (χ0) is 28.3. The summed E-state index contributed by atoms with van der Waals surface area (Å²) in [5.41, 5.74) is 6.51. The first-order chi connectivity index (χ1) is 19.7. The summed E-state index contributed by atoms with van der Waals surface area (Å²) in [5.74, 6) is 0.368. The van der Waals surface area contributed by atoms with Gasteiger partial charge in [0.2, 0.25) is 10.3 Å². The molecule has 8 nitrogen and oxygen atoms in total. The highest BCUT2D eigenvalue weighted by molar-refractivity contribution is 7.84. The van der Waals surface area contributed by atoms with Gasteiger partial charge in [-0.1, -0.05) is 121 Å². The van der Waals surface area contributed by atoms with Crippen LogP contribution in [-0.4, -0.2) is 62.1 Å². The maximum absolute atomic E-state index is 12.6. The molecule has 2 aromatic rings. The van der Waals surface area contributed by atoms with Crippen molar-refractivity contribution in [3.8, 4) is 0 Å². The molecule has 1 fully saturated rings. The van der Waals surface area contributed by atoms with Gasteiger partial charge in [-0.15, -0.1) is 0 Å². The van der Waals surface area contributed by atoms with Crippen molar-refractivity contribution in [2.75, 3.05) is 38.1 Å². The molecule has 1 aliphatic heterocycles. The molecule has 10 heteroatoms. The molecule has 224 valence electrons. The van der Waals surface area contributed by atoms with Crippen molar-refractivity contribution < 1.29 is 9.00 Å². The Morgan fingerprint density at radius 1 is 0.850 bits per heavy atom. The number of aromatic nitrogens is 2. The number of carbonyl (C=O) groups excluding carboxylic acids is 1. The molecule has 2 amide bonds. The summed E-state index contributed by atoms with van der Waals surface area (Å²) >= 11 is 1.09. The maximum atomic E-state index is 12.6. The van der Waals surface area contributed by atoms with Crippen molar-refractivity contribution in [3.05, 3.63) is 35.9 Å². The van der Waals surface area contributed by atoms with Crippen LogP contribution in [0.25, 0.3) is 0 Å². The average Bonchev–Trinajstić information content (AvgIpc) is 3.46. The number of carbonyl (C=O) groups is 1. The largest absolute Gasteiger partial charge is 0.336 e. The Hall–Kier alpha value is -2.04. The fourth-order valence-electron chi connectivity index (χ4n) is 5.03. The summed E-state index contributed by atoms with van der Waals surface area (Å²) in [7, 11) is -1.33. The van der Waals surface area contributed by atoms with Gasteiger partial charge in [0, 0.05) is 37.7 Å². The van der Waals surface area contributed by atoms with E-state index in [1.165, 1.54) is 89.9 Å². The quantitative estimate of drug-likeness (QED) is 0.128. The summed E-state index contributed by atoms with van der Waals surface area (Å²) in [6.45, 7) is 6.66. The predicted molar refractivity (Wildman–Crippen MR) is 167 cm³/mol. The van der Waals surface area contributed by atoms with Gasteiger partial charge in [0.05, 0.1) is 16.6 Å². The number of amides is 2. The number of hydrogen-bond acceptors (Lipinski definition) is 7. The van der Waals surface area contributed by atoms with Crippen molar-refractivity contribution in [1.82, 2.24) is 24.6 Å². The van der Waals surface area contributed by atoms with E-state index in [1.807, 2.05) is 35.2 Å². The topological polar surface area (TPSA) is 90.5 Å². The van der Waals surface area contributed by atoms with E-state index in [9.17, 15) is 9.00 Å². The van der Waals surface area contributed by atoms with Gasteiger partial charge in [-0.05, 0) is 18.5 Å². The number of unbranched alkanes of at least 4 members (excludes halogenated alkanes) is 13. The molecular weight excluding hydrogens is 541 g/mol. The van der Waals surface area contributed by atoms with E-state index >= 15 is 0 Å². The van der Waals surface area contributed by atoms with Crippen molar-refractivity contribution >= 4 is 33.5 Å². The summed E-state index contributed by atoms with van der Waals surface area (Å²) in [4.78, 5) is 21.2. The van der Waals surface area contributed by atoms with Crippen LogP contribution in [0.3, 0.4) is 0 Å². The van der Waals surface area contributed by atoms with Crippen LogP contribution in [0.2, 0.25) is 0 Å². The normalized spacial score (nSPS) is 14.8. The zero-order valence-electron chi connectivity index (χ0n) is 24.5. The third-order valence-corrected chi connectivity index (χ3v) is 9.45. The second-order valence-electron chi connectivity index (χ2n) is 10.8. The molecule has 2 N–H and O–H groups in total. The lowest BCUT2D eigenvalue weighted by atomic mass is 10.0. The summed E-state index contributed by atoms with van der Waals surface area (Å²) in [5, 5.41) is 0.712. The number of benzene rings is 1. The number of rotatable bonds is 20. The van der Waals surface area contributed by atoms with Crippen LogP contribution >= 0.6 is 11.5 Å². The first-order valence-corrected chi connectivity index (χ1v) is 17.5. The molecule has 0 saturated carbocycles. The van der Waals surface area contributed by atoms with Gasteiger partial charge in [0.15, 0.2) is 0 Å². The number of anilines is 1. The molecule has 0 spiro atoms. The second kappa shape index (κ2) is 19.9. The van der Waals surface area contributed by atoms with E-state index in [2.05, 4.69) is 32.0 Å². The van der Waals surface area contributed by atoms with Gasteiger partial charge in [-0.25, -0.2) is 10.2 Å². The number of hydrazine groups is 1. The lowest BCUT2D eigenvalue weighted by molar-refractivity contribution is 0.139. The number of hydrogen-bond donors (Lipinski definition) is 2. The van der Waals surface area contributed by atoms with Crippen molar-refractivity contribution in [1.29, 1.82) is 0 Å². The highest BCUT2D eigenvalue weighted by Crippen LogP contribution is 2.16. The Labute approximate surface area is 248 Å². The van der Waals surface area contributed by atoms with E-state index in [1.54, 1.807) is 0 Å². The fourth-order valence-corrected chi connectivity index (χ4v) is 6.78. The fraction of sp³-hybridized carbons (Fsp3) is 0.700. The first-order valence-electron chi connectivity index (χ1n) is 15.4. The molecule has 1 aromatic heterocycles. The minimum absolute atomic E-state index is 0.168. The summed E-state index contributed by atoms with van der Waals surface area (Å²) in [6, 6.07) is 9.47. The van der Waals surface area contributed by atoms with Crippen LogP contribution in [-0.2, 0) is 16.6 Å². The second-order valence-corrected chi connectivity index (χ2v) is 12.9. The predicted octanol–water partition coefficient (Wildman–Crippen LogP) is 6.98. The van der Waals surface area contributed by atoms with Crippen molar-refractivity contribution in [2.45, 2.75) is 108 Å². The van der Waals surface area contributed by atoms with Crippen molar-refractivity contribution in [3.63, 3.8) is 0 Å². The smallest absolute Gasteiger partial charge is 0.321 e. The van der Waals surface area contributed by atoms with Gasteiger partial charge in [0.25, 0.3) is 0 Å². The number of urea groups is 1. The summed E-state index contributed by atoms with van der Waals surface area (Å²) < 4.78 is 16.7. The Morgan fingerprint density at radius 3 is 2.02 bits per heavy atom. The minimum Gasteiger partial charge on any atom is -0.321 e. The van der Waals surface area contributed by atoms with E-state index < -0.39 is 10.8 Å². The number of nitrogens with zero attached hydrogens (tertiary/aromatic N) is 4. The van der Waals surface area contributed by atoms with Crippen LogP contribution in [0.1, 0.15) is 102 Å². The third kappa shape index (κ3) is 13.1. The molecule has 40 heavy (non-hydrogen) atoms. The molecule has 1 saturated heterocycles. The zero-order valence-corrected chi connectivity index (χ0v) is 26.1. The Balaban J connectivity index is 1.16. The Bertz CT molecular complexity index is 966. The number of nitrogens with one attached hydrogen (secondary N) is 2. The lowest BCUT2D eigenvalue weighted by Crippen LogP contribution is -2.52. The van der Waals surface area contributed by atoms with Gasteiger partial charge in [0.1, 0.15) is 0 Å². The SMILES string of the molecule is CCCCCCCCCCCCCCCCN1CCN(C(=O)NNc2nc(S(=O)Cc3ccccc3)ns2)CC1. The standard InChI is InChI=1S/C30H50N6O2S2/c1-2-3-4-5-6-7-8-9-10-11-12-13-14-18-21-35-22-24-36(25-23-35)30(37)33-32-28-31-29(34-39-28)40(38)26-27-19-16-15-17-20-27/h15-17,19-20H,2-14,18,21-26H2,1H3,(H,33,37)(H,31,32,34). The van der Waals surface area contributed by atoms with Gasteiger partial charge < -0.3 is 4.90 Å². The lowest BCUT2D eigenvalue weighted by Gasteiger charge is -2.34. The molecule has 0 aliphatic carbocycles. The first kappa shape index (κ1) is 32.5. The van der Waals surface area contributed by atoms with Gasteiger partial charge in [-0.2, -0.15) is 9.36 Å². The summed E-state index contributed by atoms with van der Waals surface area (Å²) in [6.07, 6.45) is 19.4. The van der Waals surface area contributed by atoms with E-state index in [0.717, 1.165) is 36.7 Å². The highest BCUT2D eigenvalue weighted by Gasteiger charge is 2.21. The monoisotopic (exact) mass is 590 g/mol. The van der Waals surface area contributed by atoms with Crippen LogP contribution in [0, 0.1) is 0 Å². The minimum atomic E-state index is -1.33. The molecule has 2 heterocycles. The van der Waals surface area contributed by atoms with E-state index in [4.69, 9.17) is 0 Å². The average molecular weight is 591 g/mol. The molecule has 1 aliphatic rings. The van der Waals surface area contributed by atoms with Crippen LogP contribution in [0.15, 0.2) is 35.5 Å². The van der Waals surface area contributed by atoms with Crippen molar-refractivity contribution in [2.24, 2.45) is 0 Å². The molecule has 0 radical (unpaired) electrons. The molecule has 0 bridgehead atoms. The van der Waals surface area contributed by atoms with Gasteiger partial charge in [-0.3, -0.25) is 14.5 Å². The number of piperazine rings is 1. The van der Waals surface area contributed by atoms with Gasteiger partial charge >= 0.3 is 6.03 Å². The van der Waals surface area contributed by atoms with E-state index in [0.29, 0.717) is 24.0 Å². The molecule has 3 rings (SSSR count). The van der Waals surface area contributed by atoms with Crippen LogP contribution in [0.4, 0.5) is 9.93 Å². The third-order valence-electron chi connectivity index (χ3n) is 7.52. The van der Waals surface area contributed by atoms with Crippen LogP contribution in [0.5, 0.6) is 0 Å². The molecule has 1 aromatic carbocycles.